The Balaban J connectivity index is 1.55. The van der Waals surface area contributed by atoms with Crippen molar-refractivity contribution in [2.75, 3.05) is 13.1 Å². The Labute approximate surface area is 155 Å². The molecule has 2 aliphatic rings. The van der Waals surface area contributed by atoms with Gasteiger partial charge in [-0.15, -0.1) is 0 Å². The molecule has 1 aromatic carbocycles. The summed E-state index contributed by atoms with van der Waals surface area (Å²) in [5.41, 5.74) is 1.11. The first-order valence-electron chi connectivity index (χ1n) is 9.32. The zero-order valence-electron chi connectivity index (χ0n) is 15.4. The smallest absolute Gasteiger partial charge is 0.317 e. The maximum atomic E-state index is 12.5. The van der Waals surface area contributed by atoms with E-state index in [0.29, 0.717) is 24.7 Å². The van der Waals surface area contributed by atoms with Crippen molar-refractivity contribution in [3.05, 3.63) is 29.8 Å². The molecule has 2 fully saturated rings. The van der Waals surface area contributed by atoms with E-state index in [1.54, 1.807) is 12.1 Å². The summed E-state index contributed by atoms with van der Waals surface area (Å²) in [6.07, 6.45) is 3.68. The molecule has 0 bridgehead atoms. The number of carboxylic acids is 1. The van der Waals surface area contributed by atoms with Crippen molar-refractivity contribution in [3.8, 4) is 0 Å². The summed E-state index contributed by atoms with van der Waals surface area (Å²) in [6.45, 7) is 4.99. The Kier molecular flexibility index (Phi) is 5.69. The average Bonchev–Trinajstić information content (AvgIpc) is 3.33. The SMILES string of the molecule is CC(C)c1ccc(S(=O)(=O)NC2CC(N(CC(=O)O)CC3CC3)C2)cc1. The predicted octanol–water partition coefficient (Wildman–Crippen LogP) is 2.42. The maximum absolute atomic E-state index is 12.5. The maximum Gasteiger partial charge on any atom is 0.317 e. The number of carbonyl (C=O) groups is 1. The van der Waals surface area contributed by atoms with Crippen molar-refractivity contribution >= 4 is 16.0 Å². The van der Waals surface area contributed by atoms with E-state index in [9.17, 15) is 13.2 Å². The van der Waals surface area contributed by atoms with Crippen LogP contribution in [0.4, 0.5) is 0 Å². The van der Waals surface area contributed by atoms with Crippen LogP contribution in [0.5, 0.6) is 0 Å². The number of aliphatic carboxylic acids is 1. The molecule has 1 aromatic rings. The summed E-state index contributed by atoms with van der Waals surface area (Å²) in [5, 5.41) is 9.09. The third-order valence-electron chi connectivity index (χ3n) is 5.34. The van der Waals surface area contributed by atoms with Gasteiger partial charge in [-0.1, -0.05) is 26.0 Å². The minimum absolute atomic E-state index is 0.0390. The summed E-state index contributed by atoms with van der Waals surface area (Å²) in [5.74, 6) is 0.156. The molecule has 6 nitrogen and oxygen atoms in total. The minimum atomic E-state index is -3.53. The Morgan fingerprint density at radius 3 is 2.35 bits per heavy atom. The van der Waals surface area contributed by atoms with Crippen LogP contribution in [-0.2, 0) is 14.8 Å². The molecule has 0 amide bonds. The number of rotatable bonds is 9. The second kappa shape index (κ2) is 7.66. The first-order valence-corrected chi connectivity index (χ1v) is 10.8. The molecule has 0 unspecified atom stereocenters. The summed E-state index contributed by atoms with van der Waals surface area (Å²) in [6, 6.07) is 7.04. The van der Waals surface area contributed by atoms with Gasteiger partial charge >= 0.3 is 5.97 Å². The Hall–Kier alpha value is -1.44. The molecule has 144 valence electrons. The third-order valence-corrected chi connectivity index (χ3v) is 6.87. The van der Waals surface area contributed by atoms with Gasteiger partial charge in [0.1, 0.15) is 0 Å². The van der Waals surface area contributed by atoms with Gasteiger partial charge in [0.25, 0.3) is 0 Å². The highest BCUT2D eigenvalue weighted by Crippen LogP contribution is 2.34. The van der Waals surface area contributed by atoms with Gasteiger partial charge in [0, 0.05) is 18.6 Å². The lowest BCUT2D eigenvalue weighted by molar-refractivity contribution is -0.139. The molecule has 0 radical (unpaired) electrons. The molecule has 2 aliphatic carbocycles. The van der Waals surface area contributed by atoms with Crippen LogP contribution in [0.2, 0.25) is 0 Å². The van der Waals surface area contributed by atoms with Crippen LogP contribution >= 0.6 is 0 Å². The largest absolute Gasteiger partial charge is 0.480 e. The number of hydrogen-bond donors (Lipinski definition) is 2. The van der Waals surface area contributed by atoms with Gasteiger partial charge in [-0.25, -0.2) is 13.1 Å². The molecule has 0 saturated heterocycles. The van der Waals surface area contributed by atoms with Crippen molar-refractivity contribution in [1.29, 1.82) is 0 Å². The zero-order chi connectivity index (χ0) is 18.9. The summed E-state index contributed by atoms with van der Waals surface area (Å²) in [7, 11) is -3.53. The van der Waals surface area contributed by atoms with E-state index in [-0.39, 0.29) is 23.5 Å². The van der Waals surface area contributed by atoms with Crippen LogP contribution in [-0.4, -0.2) is 49.6 Å². The fourth-order valence-corrected chi connectivity index (χ4v) is 4.71. The first kappa shape index (κ1) is 19.3. The molecule has 7 heteroatoms. The number of hydrogen-bond acceptors (Lipinski definition) is 4. The third kappa shape index (κ3) is 4.84. The van der Waals surface area contributed by atoms with E-state index in [1.807, 2.05) is 17.0 Å². The normalized spacial score (nSPS) is 23.2. The second-order valence-corrected chi connectivity index (χ2v) is 9.65. The zero-order valence-corrected chi connectivity index (χ0v) is 16.2. The van der Waals surface area contributed by atoms with E-state index in [1.165, 1.54) is 12.8 Å². The highest BCUT2D eigenvalue weighted by atomic mass is 32.2. The molecule has 0 aromatic heterocycles. The van der Waals surface area contributed by atoms with Crippen LogP contribution in [0.25, 0.3) is 0 Å². The molecule has 0 heterocycles. The topological polar surface area (TPSA) is 86.7 Å². The molecular formula is C19H28N2O4S. The van der Waals surface area contributed by atoms with Gasteiger partial charge in [0.05, 0.1) is 11.4 Å². The number of nitrogens with one attached hydrogen (secondary N) is 1. The minimum Gasteiger partial charge on any atom is -0.480 e. The molecule has 26 heavy (non-hydrogen) atoms. The van der Waals surface area contributed by atoms with Gasteiger partial charge < -0.3 is 5.11 Å². The Morgan fingerprint density at radius 1 is 1.23 bits per heavy atom. The first-order chi connectivity index (χ1) is 12.2. The van der Waals surface area contributed by atoms with Crippen molar-refractivity contribution in [2.45, 2.75) is 62.4 Å². The second-order valence-electron chi connectivity index (χ2n) is 7.93. The van der Waals surface area contributed by atoms with E-state index in [4.69, 9.17) is 5.11 Å². The lowest BCUT2D eigenvalue weighted by Gasteiger charge is -2.42. The monoisotopic (exact) mass is 380 g/mol. The number of nitrogens with zero attached hydrogens (tertiary/aromatic N) is 1. The summed E-state index contributed by atoms with van der Waals surface area (Å²) < 4.78 is 27.8. The van der Waals surface area contributed by atoms with Gasteiger partial charge in [0.15, 0.2) is 0 Å². The fourth-order valence-electron chi connectivity index (χ4n) is 3.45. The molecule has 2 N–H and O–H groups in total. The van der Waals surface area contributed by atoms with Crippen molar-refractivity contribution in [1.82, 2.24) is 9.62 Å². The molecule has 0 aliphatic heterocycles. The molecule has 0 spiro atoms. The molecule has 0 atom stereocenters. The number of carboxylic acid groups (broad SMARTS) is 1. The Bertz CT molecular complexity index is 735. The molecule has 3 rings (SSSR count). The number of sulfonamides is 1. The summed E-state index contributed by atoms with van der Waals surface area (Å²) in [4.78, 5) is 13.4. The Morgan fingerprint density at radius 2 is 1.85 bits per heavy atom. The standard InChI is InChI=1S/C19H28N2O4S/c1-13(2)15-5-7-18(8-6-15)26(24,25)20-16-9-17(10-16)21(12-19(22)23)11-14-3-4-14/h5-8,13-14,16-17,20H,3-4,9-12H2,1-2H3,(H,22,23). The van der Waals surface area contributed by atoms with Gasteiger partial charge in [-0.3, -0.25) is 9.69 Å². The average molecular weight is 381 g/mol. The van der Waals surface area contributed by atoms with Crippen LogP contribution in [0, 0.1) is 5.92 Å². The lowest BCUT2D eigenvalue weighted by atomic mass is 9.86. The highest BCUT2D eigenvalue weighted by Gasteiger charge is 2.38. The number of benzene rings is 1. The van der Waals surface area contributed by atoms with Crippen molar-refractivity contribution in [3.63, 3.8) is 0 Å². The van der Waals surface area contributed by atoms with Crippen LogP contribution in [0.15, 0.2) is 29.2 Å². The van der Waals surface area contributed by atoms with E-state index >= 15 is 0 Å². The highest BCUT2D eigenvalue weighted by molar-refractivity contribution is 7.89. The van der Waals surface area contributed by atoms with Gasteiger partial charge in [-0.05, 0) is 55.2 Å². The van der Waals surface area contributed by atoms with Crippen LogP contribution in [0.3, 0.4) is 0 Å². The van der Waals surface area contributed by atoms with E-state index < -0.39 is 16.0 Å². The van der Waals surface area contributed by atoms with Crippen molar-refractivity contribution < 1.29 is 18.3 Å². The fraction of sp³-hybridized carbons (Fsp3) is 0.632. The molecular weight excluding hydrogens is 352 g/mol. The van der Waals surface area contributed by atoms with Crippen molar-refractivity contribution in [2.24, 2.45) is 5.92 Å². The van der Waals surface area contributed by atoms with Crippen LogP contribution < -0.4 is 4.72 Å². The predicted molar refractivity (Wildman–Crippen MR) is 99.6 cm³/mol. The van der Waals surface area contributed by atoms with Gasteiger partial charge in [0.2, 0.25) is 10.0 Å². The quantitative estimate of drug-likeness (QED) is 0.687. The van der Waals surface area contributed by atoms with Gasteiger partial charge in [-0.2, -0.15) is 0 Å². The van der Waals surface area contributed by atoms with E-state index in [0.717, 1.165) is 12.1 Å². The molecule has 2 saturated carbocycles. The summed E-state index contributed by atoms with van der Waals surface area (Å²) >= 11 is 0. The lowest BCUT2D eigenvalue weighted by Crippen LogP contribution is -2.55. The van der Waals surface area contributed by atoms with Crippen LogP contribution in [0.1, 0.15) is 51.0 Å². The van der Waals surface area contributed by atoms with E-state index in [2.05, 4.69) is 18.6 Å².